The van der Waals surface area contributed by atoms with Crippen LogP contribution in [0.5, 0.6) is 0 Å². The average Bonchev–Trinajstić information content (AvgIpc) is 2.30. The third-order valence-corrected chi connectivity index (χ3v) is 4.31. The molecule has 0 aliphatic carbocycles. The number of benzene rings is 1. The Balaban J connectivity index is 1.84. The summed E-state index contributed by atoms with van der Waals surface area (Å²) in [6, 6.07) is 7.20. The fourth-order valence-electron chi connectivity index (χ4n) is 1.89. The molecule has 0 radical (unpaired) electrons. The van der Waals surface area contributed by atoms with Crippen LogP contribution in [0.15, 0.2) is 24.3 Å². The van der Waals surface area contributed by atoms with Crippen LogP contribution in [-0.4, -0.2) is 21.8 Å². The van der Waals surface area contributed by atoms with Gasteiger partial charge >= 0.3 is 0 Å². The summed E-state index contributed by atoms with van der Waals surface area (Å²) in [5.41, 5.74) is 0.703. The molecule has 88 valence electrons. The molecule has 0 amide bonds. The van der Waals surface area contributed by atoms with Crippen LogP contribution >= 0.6 is 0 Å². The third kappa shape index (κ3) is 3.12. The SMILES string of the molecule is O=S1CCC(NCc2ccccc2F)CC1. The van der Waals surface area contributed by atoms with Gasteiger partial charge in [0.05, 0.1) is 0 Å². The Morgan fingerprint density at radius 3 is 2.69 bits per heavy atom. The minimum absolute atomic E-state index is 0.158. The Kier molecular flexibility index (Phi) is 4.07. The van der Waals surface area contributed by atoms with Crippen molar-refractivity contribution in [2.24, 2.45) is 0 Å². The fourth-order valence-corrected chi connectivity index (χ4v) is 3.19. The molecule has 1 N–H and O–H groups in total. The normalized spacial score (nSPS) is 25.6. The van der Waals surface area contributed by atoms with Gasteiger partial charge in [-0.25, -0.2) is 4.39 Å². The standard InChI is InChI=1S/C12H16FNOS/c13-12-4-2-1-3-10(12)9-14-11-5-7-16(15)8-6-11/h1-4,11,14H,5-9H2. The van der Waals surface area contributed by atoms with E-state index in [2.05, 4.69) is 5.32 Å². The van der Waals surface area contributed by atoms with E-state index in [4.69, 9.17) is 0 Å². The zero-order valence-corrected chi connectivity index (χ0v) is 9.93. The smallest absolute Gasteiger partial charge is 0.127 e. The van der Waals surface area contributed by atoms with Crippen molar-refractivity contribution >= 4 is 10.8 Å². The van der Waals surface area contributed by atoms with Crippen LogP contribution in [0.1, 0.15) is 18.4 Å². The summed E-state index contributed by atoms with van der Waals surface area (Å²) in [6.07, 6.45) is 1.86. The highest BCUT2D eigenvalue weighted by atomic mass is 32.2. The minimum atomic E-state index is -0.627. The molecule has 1 fully saturated rings. The highest BCUT2D eigenvalue weighted by molar-refractivity contribution is 7.85. The molecule has 1 saturated heterocycles. The first-order chi connectivity index (χ1) is 7.75. The molecule has 0 spiro atoms. The molecule has 0 saturated carbocycles. The number of rotatable bonds is 3. The van der Waals surface area contributed by atoms with E-state index in [0.29, 0.717) is 18.2 Å². The van der Waals surface area contributed by atoms with E-state index in [9.17, 15) is 8.60 Å². The van der Waals surface area contributed by atoms with Crippen LogP contribution in [0.4, 0.5) is 4.39 Å². The predicted octanol–water partition coefficient (Wildman–Crippen LogP) is 1.83. The van der Waals surface area contributed by atoms with Gasteiger partial charge in [0.1, 0.15) is 5.82 Å². The van der Waals surface area contributed by atoms with Crippen LogP contribution in [0.3, 0.4) is 0 Å². The lowest BCUT2D eigenvalue weighted by Gasteiger charge is -2.22. The zero-order chi connectivity index (χ0) is 11.4. The van der Waals surface area contributed by atoms with E-state index in [1.54, 1.807) is 12.1 Å². The van der Waals surface area contributed by atoms with E-state index >= 15 is 0 Å². The number of halogens is 1. The van der Waals surface area contributed by atoms with Crippen LogP contribution in [-0.2, 0) is 17.3 Å². The van der Waals surface area contributed by atoms with Gasteiger partial charge in [0.25, 0.3) is 0 Å². The second-order valence-electron chi connectivity index (χ2n) is 4.09. The van der Waals surface area contributed by atoms with E-state index in [0.717, 1.165) is 24.3 Å². The summed E-state index contributed by atoms with van der Waals surface area (Å²) in [7, 11) is -0.627. The van der Waals surface area contributed by atoms with Gasteiger partial charge in [-0.05, 0) is 18.9 Å². The quantitative estimate of drug-likeness (QED) is 0.874. The maximum absolute atomic E-state index is 13.3. The molecule has 1 heterocycles. The molecule has 1 aliphatic heterocycles. The maximum Gasteiger partial charge on any atom is 0.127 e. The van der Waals surface area contributed by atoms with E-state index < -0.39 is 10.8 Å². The van der Waals surface area contributed by atoms with Crippen LogP contribution in [0, 0.1) is 5.82 Å². The topological polar surface area (TPSA) is 29.1 Å². The van der Waals surface area contributed by atoms with Gasteiger partial charge in [-0.1, -0.05) is 18.2 Å². The molecule has 1 aromatic rings. The minimum Gasteiger partial charge on any atom is -0.310 e. The molecule has 2 rings (SSSR count). The second-order valence-corrected chi connectivity index (χ2v) is 5.79. The lowest BCUT2D eigenvalue weighted by molar-refractivity contribution is 0.467. The Labute approximate surface area is 97.7 Å². The highest BCUT2D eigenvalue weighted by Crippen LogP contribution is 2.11. The largest absolute Gasteiger partial charge is 0.310 e. The van der Waals surface area contributed by atoms with Crippen molar-refractivity contribution in [2.45, 2.75) is 25.4 Å². The molecule has 1 aliphatic rings. The summed E-state index contributed by atoms with van der Waals surface area (Å²) in [5.74, 6) is 1.39. The molecular formula is C12H16FNOS. The summed E-state index contributed by atoms with van der Waals surface area (Å²) in [6.45, 7) is 0.559. The van der Waals surface area contributed by atoms with Crippen molar-refractivity contribution in [3.05, 3.63) is 35.6 Å². The van der Waals surface area contributed by atoms with Crippen molar-refractivity contribution in [2.75, 3.05) is 11.5 Å². The van der Waals surface area contributed by atoms with Crippen molar-refractivity contribution in [1.82, 2.24) is 5.32 Å². The average molecular weight is 241 g/mol. The first kappa shape index (κ1) is 11.7. The van der Waals surface area contributed by atoms with E-state index in [-0.39, 0.29) is 5.82 Å². The zero-order valence-electron chi connectivity index (χ0n) is 9.12. The third-order valence-electron chi connectivity index (χ3n) is 2.93. The first-order valence-corrected chi connectivity index (χ1v) is 7.06. The van der Waals surface area contributed by atoms with Gasteiger partial charge in [-0.3, -0.25) is 4.21 Å². The monoisotopic (exact) mass is 241 g/mol. The second kappa shape index (κ2) is 5.55. The Morgan fingerprint density at radius 2 is 2.00 bits per heavy atom. The molecule has 0 atom stereocenters. The van der Waals surface area contributed by atoms with Crippen molar-refractivity contribution in [1.29, 1.82) is 0 Å². The Morgan fingerprint density at radius 1 is 1.31 bits per heavy atom. The maximum atomic E-state index is 13.3. The van der Waals surface area contributed by atoms with E-state index in [1.165, 1.54) is 6.07 Å². The lowest BCUT2D eigenvalue weighted by atomic mass is 10.1. The molecular weight excluding hydrogens is 225 g/mol. The molecule has 0 aromatic heterocycles. The van der Waals surface area contributed by atoms with Gasteiger partial charge in [0, 0.05) is 40.5 Å². The van der Waals surface area contributed by atoms with Gasteiger partial charge in [-0.2, -0.15) is 0 Å². The highest BCUT2D eigenvalue weighted by Gasteiger charge is 2.17. The lowest BCUT2D eigenvalue weighted by Crippen LogP contribution is -2.35. The van der Waals surface area contributed by atoms with Crippen molar-refractivity contribution in [3.8, 4) is 0 Å². The van der Waals surface area contributed by atoms with Gasteiger partial charge < -0.3 is 5.32 Å². The number of nitrogens with one attached hydrogen (secondary N) is 1. The number of hydrogen-bond acceptors (Lipinski definition) is 2. The van der Waals surface area contributed by atoms with Crippen LogP contribution in [0.2, 0.25) is 0 Å². The predicted molar refractivity (Wildman–Crippen MR) is 64.1 cm³/mol. The fraction of sp³-hybridized carbons (Fsp3) is 0.500. The first-order valence-electron chi connectivity index (χ1n) is 5.57. The van der Waals surface area contributed by atoms with E-state index in [1.807, 2.05) is 6.07 Å². The molecule has 1 aromatic carbocycles. The summed E-state index contributed by atoms with van der Waals surface area (Å²) in [4.78, 5) is 0. The van der Waals surface area contributed by atoms with Crippen molar-refractivity contribution in [3.63, 3.8) is 0 Å². The molecule has 0 bridgehead atoms. The molecule has 2 nitrogen and oxygen atoms in total. The van der Waals surface area contributed by atoms with Crippen molar-refractivity contribution < 1.29 is 8.60 Å². The molecule has 0 unspecified atom stereocenters. The Bertz CT molecular complexity index is 373. The summed E-state index contributed by atoms with van der Waals surface area (Å²) < 4.78 is 24.5. The summed E-state index contributed by atoms with van der Waals surface area (Å²) >= 11 is 0. The van der Waals surface area contributed by atoms with Crippen LogP contribution < -0.4 is 5.32 Å². The number of hydrogen-bond donors (Lipinski definition) is 1. The summed E-state index contributed by atoms with van der Waals surface area (Å²) in [5, 5.41) is 3.32. The van der Waals surface area contributed by atoms with Gasteiger partial charge in [-0.15, -0.1) is 0 Å². The molecule has 16 heavy (non-hydrogen) atoms. The van der Waals surface area contributed by atoms with Gasteiger partial charge in [0.15, 0.2) is 0 Å². The molecule has 4 heteroatoms. The van der Waals surface area contributed by atoms with Crippen LogP contribution in [0.25, 0.3) is 0 Å². The van der Waals surface area contributed by atoms with Gasteiger partial charge in [0.2, 0.25) is 0 Å². The Hall–Kier alpha value is -0.740.